The molecule has 0 fully saturated rings. The molecule has 0 aliphatic heterocycles. The van der Waals surface area contributed by atoms with Crippen molar-refractivity contribution in [3.05, 3.63) is 54.1 Å². The quantitative estimate of drug-likeness (QED) is 0.702. The van der Waals surface area contributed by atoms with Gasteiger partial charge in [0.05, 0.1) is 20.8 Å². The maximum absolute atomic E-state index is 12.3. The second kappa shape index (κ2) is 9.57. The largest absolute Gasteiger partial charge is 0.493 e. The number of aryl methyl sites for hydroxylation is 1. The van der Waals surface area contributed by atoms with Gasteiger partial charge in [-0.05, 0) is 36.2 Å². The third kappa shape index (κ3) is 5.71. The third-order valence-corrected chi connectivity index (χ3v) is 3.94. The Balaban J connectivity index is 1.77. The number of hydrogen-bond donors (Lipinski definition) is 0. The highest BCUT2D eigenvalue weighted by atomic mass is 16.5. The van der Waals surface area contributed by atoms with Gasteiger partial charge in [-0.1, -0.05) is 24.3 Å². The van der Waals surface area contributed by atoms with Crippen molar-refractivity contribution in [2.24, 2.45) is 0 Å². The summed E-state index contributed by atoms with van der Waals surface area (Å²) in [5.74, 6) is 2.27. The Kier molecular flexibility index (Phi) is 7.14. The van der Waals surface area contributed by atoms with Crippen LogP contribution in [0.25, 0.3) is 0 Å². The van der Waals surface area contributed by atoms with E-state index in [1.165, 1.54) is 0 Å². The Labute approximate surface area is 149 Å². The van der Waals surface area contributed by atoms with E-state index in [9.17, 15) is 4.79 Å². The lowest BCUT2D eigenvalue weighted by atomic mass is 10.1. The van der Waals surface area contributed by atoms with Crippen LogP contribution in [0.3, 0.4) is 0 Å². The van der Waals surface area contributed by atoms with Crippen LogP contribution in [0.15, 0.2) is 48.5 Å². The van der Waals surface area contributed by atoms with Gasteiger partial charge in [0, 0.05) is 13.5 Å². The number of benzene rings is 2. The van der Waals surface area contributed by atoms with Crippen molar-refractivity contribution in [3.8, 4) is 17.2 Å². The number of likely N-dealkylation sites (N-methyl/N-ethyl adjacent to an activating group) is 1. The molecule has 25 heavy (non-hydrogen) atoms. The van der Waals surface area contributed by atoms with E-state index < -0.39 is 0 Å². The molecule has 2 aromatic carbocycles. The Hall–Kier alpha value is -2.69. The topological polar surface area (TPSA) is 48.0 Å². The van der Waals surface area contributed by atoms with Gasteiger partial charge in [-0.3, -0.25) is 4.79 Å². The fourth-order valence-electron chi connectivity index (χ4n) is 2.42. The van der Waals surface area contributed by atoms with Gasteiger partial charge in [0.15, 0.2) is 11.5 Å². The lowest BCUT2D eigenvalue weighted by Gasteiger charge is -2.17. The monoisotopic (exact) mass is 343 g/mol. The Morgan fingerprint density at radius 2 is 1.72 bits per heavy atom. The second-order valence-electron chi connectivity index (χ2n) is 5.67. The van der Waals surface area contributed by atoms with E-state index in [2.05, 4.69) is 0 Å². The molecule has 0 saturated carbocycles. The van der Waals surface area contributed by atoms with Crippen molar-refractivity contribution >= 4 is 5.91 Å². The number of nitrogens with zero attached hydrogens (tertiary/aromatic N) is 1. The summed E-state index contributed by atoms with van der Waals surface area (Å²) in [6, 6.07) is 15.3. The van der Waals surface area contributed by atoms with Crippen molar-refractivity contribution in [1.82, 2.24) is 4.90 Å². The molecule has 0 bridgehead atoms. The SMILES string of the molecule is COc1ccc(CCC(=O)N(C)CCOc2ccccc2)cc1OC. The van der Waals surface area contributed by atoms with Crippen molar-refractivity contribution in [3.63, 3.8) is 0 Å². The first-order valence-corrected chi connectivity index (χ1v) is 8.26. The minimum absolute atomic E-state index is 0.0893. The zero-order valence-electron chi connectivity index (χ0n) is 15.0. The average molecular weight is 343 g/mol. The third-order valence-electron chi connectivity index (χ3n) is 3.94. The molecule has 0 saturated heterocycles. The summed E-state index contributed by atoms with van der Waals surface area (Å²) in [6.45, 7) is 1.03. The highest BCUT2D eigenvalue weighted by Crippen LogP contribution is 2.28. The van der Waals surface area contributed by atoms with Crippen LogP contribution in [0, 0.1) is 0 Å². The summed E-state index contributed by atoms with van der Waals surface area (Å²) >= 11 is 0. The normalized spacial score (nSPS) is 10.2. The van der Waals surface area contributed by atoms with Gasteiger partial charge in [-0.15, -0.1) is 0 Å². The Morgan fingerprint density at radius 3 is 2.40 bits per heavy atom. The van der Waals surface area contributed by atoms with Crippen molar-refractivity contribution in [2.45, 2.75) is 12.8 Å². The van der Waals surface area contributed by atoms with Gasteiger partial charge in [-0.25, -0.2) is 0 Å². The predicted molar refractivity (Wildman–Crippen MR) is 97.4 cm³/mol. The lowest BCUT2D eigenvalue weighted by molar-refractivity contribution is -0.130. The van der Waals surface area contributed by atoms with E-state index >= 15 is 0 Å². The van der Waals surface area contributed by atoms with Gasteiger partial charge >= 0.3 is 0 Å². The van der Waals surface area contributed by atoms with Gasteiger partial charge in [-0.2, -0.15) is 0 Å². The van der Waals surface area contributed by atoms with Crippen LogP contribution in [0.1, 0.15) is 12.0 Å². The molecule has 0 atom stereocenters. The van der Waals surface area contributed by atoms with Crippen molar-refractivity contribution < 1.29 is 19.0 Å². The first kappa shape index (κ1) is 18.6. The number of ether oxygens (including phenoxy) is 3. The van der Waals surface area contributed by atoms with Crippen molar-refractivity contribution in [1.29, 1.82) is 0 Å². The summed E-state index contributed by atoms with van der Waals surface area (Å²) in [5.41, 5.74) is 1.04. The standard InChI is InChI=1S/C20H25NO4/c1-21(13-14-25-17-7-5-4-6-8-17)20(22)12-10-16-9-11-18(23-2)19(15-16)24-3/h4-9,11,15H,10,12-14H2,1-3H3. The molecule has 1 amide bonds. The van der Waals surface area contributed by atoms with E-state index in [1.54, 1.807) is 26.2 Å². The van der Waals surface area contributed by atoms with Gasteiger partial charge in [0.1, 0.15) is 12.4 Å². The van der Waals surface area contributed by atoms with Crippen LogP contribution >= 0.6 is 0 Å². The summed E-state index contributed by atoms with van der Waals surface area (Å²) in [4.78, 5) is 13.9. The summed E-state index contributed by atoms with van der Waals surface area (Å²) in [5, 5.41) is 0. The zero-order chi connectivity index (χ0) is 18.1. The first-order valence-electron chi connectivity index (χ1n) is 8.26. The van der Waals surface area contributed by atoms with E-state index in [0.29, 0.717) is 37.5 Å². The molecule has 2 rings (SSSR count). The molecule has 134 valence electrons. The highest BCUT2D eigenvalue weighted by Gasteiger charge is 2.10. The number of para-hydroxylation sites is 1. The predicted octanol–water partition coefficient (Wildman–Crippen LogP) is 3.17. The van der Waals surface area contributed by atoms with Crippen LogP contribution in [0.5, 0.6) is 17.2 Å². The van der Waals surface area contributed by atoms with Gasteiger partial charge in [0.25, 0.3) is 0 Å². The molecule has 0 unspecified atom stereocenters. The number of amides is 1. The van der Waals surface area contributed by atoms with Crippen LogP contribution in [0.2, 0.25) is 0 Å². The maximum atomic E-state index is 12.3. The zero-order valence-corrected chi connectivity index (χ0v) is 15.0. The molecule has 0 radical (unpaired) electrons. The van der Waals surface area contributed by atoms with Gasteiger partial charge < -0.3 is 19.1 Å². The fraction of sp³-hybridized carbons (Fsp3) is 0.350. The average Bonchev–Trinajstić information content (AvgIpc) is 2.66. The molecule has 0 aromatic heterocycles. The van der Waals surface area contributed by atoms with E-state index in [0.717, 1.165) is 11.3 Å². The smallest absolute Gasteiger partial charge is 0.222 e. The Bertz CT molecular complexity index is 673. The molecule has 0 aliphatic carbocycles. The number of hydrogen-bond acceptors (Lipinski definition) is 4. The fourth-order valence-corrected chi connectivity index (χ4v) is 2.42. The van der Waals surface area contributed by atoms with Crippen LogP contribution in [-0.2, 0) is 11.2 Å². The molecule has 2 aromatic rings. The first-order chi connectivity index (χ1) is 12.1. The van der Waals surface area contributed by atoms with E-state index in [1.807, 2.05) is 48.5 Å². The minimum atomic E-state index is 0.0893. The summed E-state index contributed by atoms with van der Waals surface area (Å²) < 4.78 is 16.1. The highest BCUT2D eigenvalue weighted by molar-refractivity contribution is 5.76. The number of carbonyl (C=O) groups is 1. The minimum Gasteiger partial charge on any atom is -0.493 e. The summed E-state index contributed by atoms with van der Waals surface area (Å²) in [7, 11) is 5.01. The molecule has 0 heterocycles. The number of rotatable bonds is 9. The molecular weight excluding hydrogens is 318 g/mol. The molecular formula is C20H25NO4. The number of methoxy groups -OCH3 is 2. The molecule has 5 heteroatoms. The summed E-state index contributed by atoms with van der Waals surface area (Å²) in [6.07, 6.45) is 1.10. The maximum Gasteiger partial charge on any atom is 0.222 e. The lowest BCUT2D eigenvalue weighted by Crippen LogP contribution is -2.31. The molecule has 0 aliphatic rings. The van der Waals surface area contributed by atoms with E-state index in [4.69, 9.17) is 14.2 Å². The second-order valence-corrected chi connectivity index (χ2v) is 5.67. The van der Waals surface area contributed by atoms with Crippen LogP contribution in [0.4, 0.5) is 0 Å². The molecule has 0 N–H and O–H groups in total. The molecule has 5 nitrogen and oxygen atoms in total. The molecule has 0 spiro atoms. The van der Waals surface area contributed by atoms with Crippen LogP contribution < -0.4 is 14.2 Å². The Morgan fingerprint density at radius 1 is 1.00 bits per heavy atom. The van der Waals surface area contributed by atoms with E-state index in [-0.39, 0.29) is 5.91 Å². The van der Waals surface area contributed by atoms with Crippen LogP contribution in [-0.4, -0.2) is 45.2 Å². The van der Waals surface area contributed by atoms with Gasteiger partial charge in [0.2, 0.25) is 5.91 Å². The number of carbonyl (C=O) groups excluding carboxylic acids is 1. The van der Waals surface area contributed by atoms with Crippen molar-refractivity contribution in [2.75, 3.05) is 34.4 Å².